The first-order chi connectivity index (χ1) is 10.0. The monoisotopic (exact) mass is 297 g/mol. The van der Waals surface area contributed by atoms with Crippen molar-refractivity contribution in [2.45, 2.75) is 25.4 Å². The summed E-state index contributed by atoms with van der Waals surface area (Å²) in [6.45, 7) is 2.60. The van der Waals surface area contributed by atoms with E-state index in [0.29, 0.717) is 13.2 Å². The summed E-state index contributed by atoms with van der Waals surface area (Å²) in [5.74, 6) is 0.166. The van der Waals surface area contributed by atoms with Crippen molar-refractivity contribution in [2.24, 2.45) is 0 Å². The van der Waals surface area contributed by atoms with Crippen LogP contribution in [0.1, 0.15) is 12.8 Å². The van der Waals surface area contributed by atoms with Crippen LogP contribution in [0, 0.1) is 0 Å². The lowest BCUT2D eigenvalue weighted by atomic mass is 10.1. The summed E-state index contributed by atoms with van der Waals surface area (Å²) in [5, 5.41) is 3.19. The highest BCUT2D eigenvalue weighted by Crippen LogP contribution is 2.17. The second-order valence-electron chi connectivity index (χ2n) is 5.39. The second kappa shape index (κ2) is 6.77. The molecule has 0 saturated carbocycles. The van der Waals surface area contributed by atoms with Gasteiger partial charge in [0, 0.05) is 13.2 Å². The second-order valence-corrected chi connectivity index (χ2v) is 5.39. The van der Waals surface area contributed by atoms with Crippen LogP contribution in [0.4, 0.5) is 11.5 Å². The van der Waals surface area contributed by atoms with Crippen LogP contribution in [0.15, 0.2) is 9.59 Å². The Morgan fingerprint density at radius 1 is 1.38 bits per heavy atom. The number of likely N-dealkylation sites (tertiary alicyclic amines) is 1. The number of aromatic nitrogens is 2. The average Bonchev–Trinajstić information content (AvgIpc) is 2.45. The van der Waals surface area contributed by atoms with Gasteiger partial charge in [-0.2, -0.15) is 0 Å². The summed E-state index contributed by atoms with van der Waals surface area (Å²) >= 11 is 0. The summed E-state index contributed by atoms with van der Waals surface area (Å²) in [6, 6.07) is 0.193. The maximum atomic E-state index is 12.0. The normalized spacial score (nSPS) is 17.0. The molecule has 0 bridgehead atoms. The van der Waals surface area contributed by atoms with Crippen molar-refractivity contribution in [3.05, 3.63) is 20.8 Å². The first-order valence-corrected chi connectivity index (χ1v) is 7.09. The molecule has 1 fully saturated rings. The van der Waals surface area contributed by atoms with E-state index in [9.17, 15) is 9.59 Å². The molecule has 0 spiro atoms. The van der Waals surface area contributed by atoms with E-state index in [0.717, 1.165) is 25.9 Å². The number of nitrogen functional groups attached to an aromatic ring is 1. The molecule has 0 aromatic carbocycles. The Morgan fingerprint density at radius 2 is 2.05 bits per heavy atom. The molecule has 1 aliphatic rings. The molecule has 8 nitrogen and oxygen atoms in total. The molecule has 0 aliphatic carbocycles. The number of piperidine rings is 1. The van der Waals surface area contributed by atoms with E-state index in [1.54, 1.807) is 7.11 Å². The molecule has 2 heterocycles. The molecule has 0 radical (unpaired) electrons. The van der Waals surface area contributed by atoms with Gasteiger partial charge in [-0.15, -0.1) is 0 Å². The highest BCUT2D eigenvalue weighted by Gasteiger charge is 2.20. The zero-order valence-electron chi connectivity index (χ0n) is 12.5. The fourth-order valence-electron chi connectivity index (χ4n) is 2.49. The Balaban J connectivity index is 2.22. The van der Waals surface area contributed by atoms with E-state index in [2.05, 4.69) is 22.2 Å². The molecule has 2 rings (SSSR count). The van der Waals surface area contributed by atoms with Crippen molar-refractivity contribution in [3.63, 3.8) is 0 Å². The fourth-order valence-corrected chi connectivity index (χ4v) is 2.49. The molecule has 21 heavy (non-hydrogen) atoms. The van der Waals surface area contributed by atoms with Crippen LogP contribution >= 0.6 is 0 Å². The number of nitrogens with one attached hydrogen (secondary N) is 2. The molecular formula is C13H23N5O3. The number of nitrogens with two attached hydrogens (primary N) is 1. The Kier molecular flexibility index (Phi) is 5.03. The molecule has 8 heteroatoms. The van der Waals surface area contributed by atoms with Crippen LogP contribution < -0.4 is 22.3 Å². The van der Waals surface area contributed by atoms with Crippen molar-refractivity contribution >= 4 is 11.5 Å². The van der Waals surface area contributed by atoms with E-state index >= 15 is 0 Å². The molecule has 1 aromatic rings. The molecule has 0 unspecified atom stereocenters. The standard InChI is InChI=1S/C13H23N5O3/c1-17-5-3-9(4-6-17)15-10-11(14)18(7-8-21-2)13(20)16-12(10)19/h9,15H,3-8,14H2,1-2H3,(H,16,19,20). The molecule has 0 amide bonds. The van der Waals surface area contributed by atoms with Gasteiger partial charge in [0.15, 0.2) is 0 Å². The third-order valence-electron chi connectivity index (χ3n) is 3.83. The molecule has 1 saturated heterocycles. The van der Waals surface area contributed by atoms with Crippen molar-refractivity contribution in [2.75, 3.05) is 44.9 Å². The minimum Gasteiger partial charge on any atom is -0.383 e. The largest absolute Gasteiger partial charge is 0.383 e. The maximum Gasteiger partial charge on any atom is 0.330 e. The molecule has 4 N–H and O–H groups in total. The zero-order valence-corrected chi connectivity index (χ0v) is 12.5. The Bertz CT molecular complexity index is 586. The van der Waals surface area contributed by atoms with Crippen molar-refractivity contribution < 1.29 is 4.74 Å². The minimum atomic E-state index is -0.511. The van der Waals surface area contributed by atoms with Gasteiger partial charge in [0.25, 0.3) is 5.56 Å². The average molecular weight is 297 g/mol. The van der Waals surface area contributed by atoms with Crippen molar-refractivity contribution in [1.82, 2.24) is 14.5 Å². The van der Waals surface area contributed by atoms with Gasteiger partial charge >= 0.3 is 5.69 Å². The SMILES string of the molecule is COCCn1c(N)c(NC2CCN(C)CC2)c(=O)[nH]c1=O. The maximum absolute atomic E-state index is 12.0. The van der Waals surface area contributed by atoms with Crippen LogP contribution in [-0.2, 0) is 11.3 Å². The number of rotatable bonds is 5. The Morgan fingerprint density at radius 3 is 2.67 bits per heavy atom. The smallest absolute Gasteiger partial charge is 0.330 e. The summed E-state index contributed by atoms with van der Waals surface area (Å²) in [5.41, 5.74) is 5.28. The number of ether oxygens (including phenoxy) is 1. The number of hydrogen-bond donors (Lipinski definition) is 3. The zero-order chi connectivity index (χ0) is 15.4. The van der Waals surface area contributed by atoms with E-state index in [4.69, 9.17) is 10.5 Å². The third kappa shape index (κ3) is 3.64. The van der Waals surface area contributed by atoms with Gasteiger partial charge in [0.1, 0.15) is 11.5 Å². The fraction of sp³-hybridized carbons (Fsp3) is 0.692. The van der Waals surface area contributed by atoms with Gasteiger partial charge in [-0.05, 0) is 33.0 Å². The van der Waals surface area contributed by atoms with Gasteiger partial charge in [0.2, 0.25) is 0 Å². The van der Waals surface area contributed by atoms with Crippen LogP contribution in [0.3, 0.4) is 0 Å². The number of aromatic amines is 1. The number of anilines is 2. The topological polar surface area (TPSA) is 105 Å². The lowest BCUT2D eigenvalue weighted by Gasteiger charge is -2.30. The van der Waals surface area contributed by atoms with Gasteiger partial charge in [0.05, 0.1) is 13.2 Å². The number of hydrogen-bond acceptors (Lipinski definition) is 6. The number of H-pyrrole nitrogens is 1. The van der Waals surface area contributed by atoms with E-state index < -0.39 is 11.2 Å². The van der Waals surface area contributed by atoms with Gasteiger partial charge < -0.3 is 20.7 Å². The summed E-state index contributed by atoms with van der Waals surface area (Å²) in [6.07, 6.45) is 1.87. The van der Waals surface area contributed by atoms with Gasteiger partial charge in [-0.1, -0.05) is 0 Å². The number of nitrogens with zero attached hydrogens (tertiary/aromatic N) is 2. The highest BCUT2D eigenvalue weighted by atomic mass is 16.5. The lowest BCUT2D eigenvalue weighted by Crippen LogP contribution is -2.40. The molecule has 1 aliphatic heterocycles. The van der Waals surface area contributed by atoms with Gasteiger partial charge in [-0.3, -0.25) is 14.3 Å². The molecular weight excluding hydrogens is 274 g/mol. The number of methoxy groups -OCH3 is 1. The van der Waals surface area contributed by atoms with Gasteiger partial charge in [-0.25, -0.2) is 4.79 Å². The first-order valence-electron chi connectivity index (χ1n) is 7.09. The van der Waals surface area contributed by atoms with Crippen LogP contribution in [0.25, 0.3) is 0 Å². The van der Waals surface area contributed by atoms with Crippen molar-refractivity contribution in [3.8, 4) is 0 Å². The van der Waals surface area contributed by atoms with E-state index in [-0.39, 0.29) is 17.5 Å². The summed E-state index contributed by atoms with van der Waals surface area (Å²) in [4.78, 5) is 28.3. The van der Waals surface area contributed by atoms with Crippen LogP contribution in [0.5, 0.6) is 0 Å². The molecule has 118 valence electrons. The van der Waals surface area contributed by atoms with Crippen LogP contribution in [-0.4, -0.2) is 54.3 Å². The molecule has 0 atom stereocenters. The van der Waals surface area contributed by atoms with E-state index in [1.807, 2.05) is 0 Å². The van der Waals surface area contributed by atoms with E-state index in [1.165, 1.54) is 4.57 Å². The third-order valence-corrected chi connectivity index (χ3v) is 3.83. The minimum absolute atomic E-state index is 0.166. The van der Waals surface area contributed by atoms with Crippen molar-refractivity contribution in [1.29, 1.82) is 0 Å². The predicted molar refractivity (Wildman–Crippen MR) is 81.8 cm³/mol. The summed E-state index contributed by atoms with van der Waals surface area (Å²) in [7, 11) is 3.62. The van der Waals surface area contributed by atoms with Crippen LogP contribution in [0.2, 0.25) is 0 Å². The molecule has 1 aromatic heterocycles. The lowest BCUT2D eigenvalue weighted by molar-refractivity contribution is 0.186. The predicted octanol–water partition coefficient (Wildman–Crippen LogP) is -0.729. The summed E-state index contributed by atoms with van der Waals surface area (Å²) < 4.78 is 6.28. The first kappa shape index (κ1) is 15.6. The highest BCUT2D eigenvalue weighted by molar-refractivity contribution is 5.60. The quantitative estimate of drug-likeness (QED) is 0.662. The Labute approximate surface area is 122 Å². The Hall–Kier alpha value is -1.80.